The van der Waals surface area contributed by atoms with Crippen LogP contribution in [-0.4, -0.2) is 35.2 Å². The van der Waals surface area contributed by atoms with Crippen LogP contribution < -0.4 is 0 Å². The molecule has 14 atom stereocenters. The maximum absolute atomic E-state index is 7.08. The van der Waals surface area contributed by atoms with Crippen LogP contribution >= 0.6 is 0 Å². The Hall–Kier alpha value is -0.0800. The highest BCUT2D eigenvalue weighted by Gasteiger charge is 2.58. The second kappa shape index (κ2) is 20.1. The summed E-state index contributed by atoms with van der Waals surface area (Å²) in [6.45, 7) is 0. The average Bonchev–Trinajstić information content (AvgIpc) is 3.97. The maximum Gasteiger partial charge on any atom is 0.0610 e. The van der Waals surface area contributed by atoms with Crippen molar-refractivity contribution in [2.45, 2.75) is 287 Å². The van der Waals surface area contributed by atoms with Gasteiger partial charge in [0.25, 0.3) is 0 Å². The Balaban J connectivity index is 0.817. The summed E-state index contributed by atoms with van der Waals surface area (Å²) >= 11 is 0. The summed E-state index contributed by atoms with van der Waals surface area (Å²) in [7, 11) is 0. The maximum atomic E-state index is 7.08. The Kier molecular flexibility index (Phi) is 14.1. The van der Waals surface area contributed by atoms with Crippen LogP contribution in [0.4, 0.5) is 0 Å². The molecule has 12 fully saturated rings. The Bertz CT molecular complexity index is 1400. The van der Waals surface area contributed by atoms with Crippen molar-refractivity contribution >= 4 is 0 Å². The van der Waals surface area contributed by atoms with E-state index in [4.69, 9.17) is 4.74 Å². The van der Waals surface area contributed by atoms with Crippen LogP contribution in [-0.2, 0) is 4.74 Å². The van der Waals surface area contributed by atoms with Crippen LogP contribution in [0, 0.1) is 94.7 Å². The molecule has 14 unspecified atom stereocenters. The zero-order valence-corrected chi connectivity index (χ0v) is 41.3. The highest BCUT2D eigenvalue weighted by molar-refractivity contribution is 5.08. The van der Waals surface area contributed by atoms with Crippen LogP contribution in [0.2, 0.25) is 0 Å². The van der Waals surface area contributed by atoms with Gasteiger partial charge in [0.05, 0.1) is 12.2 Å². The van der Waals surface area contributed by atoms with E-state index in [0.29, 0.717) is 12.2 Å². The molecular weight excluding hydrogens is 763 g/mol. The number of ether oxygens (including phenoxy) is 1. The molecule has 1 aliphatic heterocycles. The molecular formula is C61H101NO. The molecule has 0 amide bonds. The van der Waals surface area contributed by atoms with Crippen molar-refractivity contribution in [1.82, 2.24) is 4.90 Å². The zero-order valence-electron chi connectivity index (χ0n) is 41.3. The van der Waals surface area contributed by atoms with Crippen molar-refractivity contribution in [2.24, 2.45) is 94.7 Å². The normalized spacial score (nSPS) is 48.6. The van der Waals surface area contributed by atoms with E-state index >= 15 is 0 Å². The molecule has 1 saturated heterocycles. The fraction of sp³-hybridized carbons (Fsp3) is 1.00. The molecule has 1 heterocycles. The second-order valence-corrected chi connectivity index (χ2v) is 27.2. The quantitative estimate of drug-likeness (QED) is 0.241. The van der Waals surface area contributed by atoms with Gasteiger partial charge in [-0.25, -0.2) is 0 Å². The molecule has 0 N–H and O–H groups in total. The van der Waals surface area contributed by atoms with Gasteiger partial charge in [-0.15, -0.1) is 0 Å². The molecule has 0 bridgehead atoms. The van der Waals surface area contributed by atoms with Gasteiger partial charge in [-0.05, 0) is 217 Å². The average molecular weight is 864 g/mol. The molecule has 12 aliphatic rings. The molecule has 0 aromatic heterocycles. The Morgan fingerprint density at radius 2 is 0.667 bits per heavy atom. The van der Waals surface area contributed by atoms with Crippen molar-refractivity contribution in [1.29, 1.82) is 0 Å². The van der Waals surface area contributed by atoms with E-state index in [1.54, 1.807) is 173 Å². The van der Waals surface area contributed by atoms with E-state index in [2.05, 4.69) is 4.90 Å². The van der Waals surface area contributed by atoms with Gasteiger partial charge in [0.2, 0.25) is 0 Å². The van der Waals surface area contributed by atoms with Crippen LogP contribution in [0.3, 0.4) is 0 Å². The van der Waals surface area contributed by atoms with E-state index in [0.717, 1.165) is 113 Å². The van der Waals surface area contributed by atoms with Crippen molar-refractivity contribution in [2.75, 3.05) is 0 Å². The first-order valence-corrected chi connectivity index (χ1v) is 30.6. The number of fused-ring (bicyclic) bond motifs is 6. The molecule has 2 nitrogen and oxygen atoms in total. The summed E-state index contributed by atoms with van der Waals surface area (Å²) in [6.07, 6.45) is 63.4. The molecule has 2 heteroatoms. The number of nitrogens with zero attached hydrogens (tertiary/aromatic N) is 1. The first-order valence-electron chi connectivity index (χ1n) is 30.6. The van der Waals surface area contributed by atoms with Gasteiger partial charge >= 0.3 is 0 Å². The van der Waals surface area contributed by atoms with Gasteiger partial charge in [-0.1, -0.05) is 135 Å². The fourth-order valence-electron chi connectivity index (χ4n) is 21.8. The van der Waals surface area contributed by atoms with Crippen molar-refractivity contribution in [3.63, 3.8) is 0 Å². The largest absolute Gasteiger partial charge is 0.374 e. The molecule has 0 radical (unpaired) electrons. The number of rotatable bonds is 8. The van der Waals surface area contributed by atoms with E-state index in [-0.39, 0.29) is 0 Å². The minimum Gasteiger partial charge on any atom is -0.374 e. The summed E-state index contributed by atoms with van der Waals surface area (Å²) < 4.78 is 7.08. The summed E-state index contributed by atoms with van der Waals surface area (Å²) in [5, 5.41) is 0. The summed E-state index contributed by atoms with van der Waals surface area (Å²) in [5.41, 5.74) is 0. The topological polar surface area (TPSA) is 12.5 Å². The SMILES string of the molecule is C1CCC(C2CCC(N(C3CC(C4CCCCC4)CC(C4CCCCC4)C3)C3CCC4CC5C6CCCCC6CC(C6CCC7OC(C8CCCCC8)CC7C6)C5C4C3)CC2)CC1. The lowest BCUT2D eigenvalue weighted by Gasteiger charge is -2.55. The lowest BCUT2D eigenvalue weighted by Crippen LogP contribution is -2.56. The van der Waals surface area contributed by atoms with Crippen LogP contribution in [0.5, 0.6) is 0 Å². The lowest BCUT2D eigenvalue weighted by atomic mass is 9.53. The van der Waals surface area contributed by atoms with E-state index in [1.165, 1.54) is 83.5 Å². The summed E-state index contributed by atoms with van der Waals surface area (Å²) in [5.74, 6) is 16.7. The zero-order chi connectivity index (χ0) is 41.7. The Morgan fingerprint density at radius 1 is 0.222 bits per heavy atom. The third-order valence-electron chi connectivity index (χ3n) is 24.5. The third-order valence-corrected chi connectivity index (χ3v) is 24.5. The van der Waals surface area contributed by atoms with Crippen LogP contribution in [0.15, 0.2) is 0 Å². The van der Waals surface area contributed by atoms with Gasteiger partial charge in [0.1, 0.15) is 0 Å². The minimum absolute atomic E-state index is 0.620. The van der Waals surface area contributed by atoms with Gasteiger partial charge in [-0.3, -0.25) is 4.90 Å². The minimum atomic E-state index is 0.620. The number of hydrogen-bond acceptors (Lipinski definition) is 2. The van der Waals surface area contributed by atoms with Crippen LogP contribution in [0.1, 0.15) is 257 Å². The molecule has 11 saturated carbocycles. The van der Waals surface area contributed by atoms with Gasteiger partial charge in [0.15, 0.2) is 0 Å². The molecule has 0 aromatic rings. The molecule has 356 valence electrons. The predicted octanol–water partition coefficient (Wildman–Crippen LogP) is 16.8. The van der Waals surface area contributed by atoms with Crippen molar-refractivity contribution in [3.05, 3.63) is 0 Å². The Labute approximate surface area is 389 Å². The summed E-state index contributed by atoms with van der Waals surface area (Å²) in [4.78, 5) is 3.55. The van der Waals surface area contributed by atoms with Crippen molar-refractivity contribution < 1.29 is 4.74 Å². The van der Waals surface area contributed by atoms with E-state index < -0.39 is 0 Å². The van der Waals surface area contributed by atoms with Crippen molar-refractivity contribution in [3.8, 4) is 0 Å². The smallest absolute Gasteiger partial charge is 0.0610 e. The van der Waals surface area contributed by atoms with Crippen LogP contribution in [0.25, 0.3) is 0 Å². The lowest BCUT2D eigenvalue weighted by molar-refractivity contribution is -0.0658. The third kappa shape index (κ3) is 9.26. The molecule has 63 heavy (non-hydrogen) atoms. The second-order valence-electron chi connectivity index (χ2n) is 27.2. The fourth-order valence-corrected chi connectivity index (χ4v) is 21.8. The van der Waals surface area contributed by atoms with Gasteiger partial charge in [0, 0.05) is 18.1 Å². The summed E-state index contributed by atoms with van der Waals surface area (Å²) in [6, 6.07) is 2.72. The monoisotopic (exact) mass is 864 g/mol. The molecule has 11 aliphatic carbocycles. The molecule has 0 aromatic carbocycles. The standard InChI is InChI=1S/C61H101NO/c1-5-15-41(16-6-1)44-25-29-52(30-26-44)62(54-35-49(42-17-7-2-8-18-42)34-50(36-54)43-19-9-3-10-20-43)53-31-27-48-38-58-55-24-14-13-23-46(55)37-56(61(58)57(48)40-53)47-28-32-59-51(33-47)39-60(63-59)45-21-11-4-12-22-45/h41-61H,1-40H2. The van der Waals surface area contributed by atoms with Gasteiger partial charge < -0.3 is 4.74 Å². The first-order chi connectivity index (χ1) is 31.2. The number of hydrogen-bond donors (Lipinski definition) is 0. The highest BCUT2D eigenvalue weighted by atomic mass is 16.5. The van der Waals surface area contributed by atoms with E-state index in [9.17, 15) is 0 Å². The Morgan fingerprint density at radius 3 is 1.33 bits per heavy atom. The molecule has 12 rings (SSSR count). The predicted molar refractivity (Wildman–Crippen MR) is 262 cm³/mol. The molecule has 0 spiro atoms. The van der Waals surface area contributed by atoms with E-state index in [1.807, 2.05) is 0 Å². The highest BCUT2D eigenvalue weighted by Crippen LogP contribution is 2.65. The first kappa shape index (κ1) is 44.1. The van der Waals surface area contributed by atoms with Gasteiger partial charge in [-0.2, -0.15) is 0 Å².